The van der Waals surface area contributed by atoms with E-state index < -0.39 is 16.9 Å². The van der Waals surface area contributed by atoms with Crippen LogP contribution in [0.2, 0.25) is 0 Å². The van der Waals surface area contributed by atoms with Crippen molar-refractivity contribution in [3.8, 4) is 0 Å². The second-order valence-corrected chi connectivity index (χ2v) is 5.09. The monoisotopic (exact) mass is 246 g/mol. The van der Waals surface area contributed by atoms with E-state index in [0.29, 0.717) is 12.8 Å². The van der Waals surface area contributed by atoms with E-state index in [9.17, 15) is 9.59 Å². The predicted molar refractivity (Wildman–Crippen MR) is 61.9 cm³/mol. The molecule has 0 unspecified atom stereocenters. The van der Waals surface area contributed by atoms with Crippen LogP contribution in [0.15, 0.2) is 18.3 Å². The molecular formula is C12H14N4O2. The molecule has 0 atom stereocenters. The molecule has 6 nitrogen and oxygen atoms in total. The number of nitrogens with zero attached hydrogens (tertiary/aromatic N) is 2. The molecule has 1 aromatic heterocycles. The number of nitrogens with two attached hydrogens (primary N) is 1. The van der Waals surface area contributed by atoms with Gasteiger partial charge in [-0.05, 0) is 37.8 Å². The van der Waals surface area contributed by atoms with Crippen LogP contribution in [0.1, 0.15) is 31.4 Å². The Morgan fingerprint density at radius 1 is 1.28 bits per heavy atom. The second kappa shape index (κ2) is 3.51. The van der Waals surface area contributed by atoms with E-state index in [0.717, 1.165) is 18.5 Å². The third-order valence-electron chi connectivity index (χ3n) is 3.82. The van der Waals surface area contributed by atoms with Crippen molar-refractivity contribution < 1.29 is 9.59 Å². The first-order chi connectivity index (χ1) is 8.59. The number of nitrogens with one attached hydrogen (secondary N) is 1. The highest BCUT2D eigenvalue weighted by Crippen LogP contribution is 2.49. The van der Waals surface area contributed by atoms with Crippen LogP contribution in [0.4, 0.5) is 0 Å². The summed E-state index contributed by atoms with van der Waals surface area (Å²) in [5.74, 6) is -0.798. The number of rotatable bonds is 4. The highest BCUT2D eigenvalue weighted by Gasteiger charge is 2.59. The van der Waals surface area contributed by atoms with Gasteiger partial charge in [-0.15, -0.1) is 0 Å². The average Bonchev–Trinajstić information content (AvgIpc) is 3.25. The van der Waals surface area contributed by atoms with Gasteiger partial charge in [0.05, 0.1) is 11.2 Å². The highest BCUT2D eigenvalue weighted by molar-refractivity contribution is 6.07. The molecule has 2 saturated carbocycles. The Balaban J connectivity index is 1.78. The fourth-order valence-electron chi connectivity index (χ4n) is 2.17. The Morgan fingerprint density at radius 2 is 2.00 bits per heavy atom. The molecule has 0 bridgehead atoms. The van der Waals surface area contributed by atoms with E-state index in [-0.39, 0.29) is 5.91 Å². The van der Waals surface area contributed by atoms with Crippen molar-refractivity contribution in [3.05, 3.63) is 24.0 Å². The maximum atomic E-state index is 12.1. The van der Waals surface area contributed by atoms with E-state index in [1.165, 1.54) is 0 Å². The summed E-state index contributed by atoms with van der Waals surface area (Å²) >= 11 is 0. The molecule has 3 N–H and O–H groups in total. The molecule has 2 fully saturated rings. The van der Waals surface area contributed by atoms with Gasteiger partial charge in [-0.1, -0.05) is 0 Å². The number of primary amides is 1. The molecule has 0 radical (unpaired) electrons. The number of aromatic nitrogens is 2. The van der Waals surface area contributed by atoms with Crippen molar-refractivity contribution in [1.82, 2.24) is 15.5 Å². The number of carbonyl (C=O) groups is 2. The van der Waals surface area contributed by atoms with Gasteiger partial charge in [-0.25, -0.2) is 0 Å². The summed E-state index contributed by atoms with van der Waals surface area (Å²) in [5.41, 5.74) is 4.62. The van der Waals surface area contributed by atoms with Crippen LogP contribution in [0.3, 0.4) is 0 Å². The Hall–Kier alpha value is -1.98. The van der Waals surface area contributed by atoms with Gasteiger partial charge in [0.25, 0.3) is 0 Å². The van der Waals surface area contributed by atoms with Crippen LogP contribution < -0.4 is 11.1 Å². The number of hydrogen-bond donors (Lipinski definition) is 2. The Labute approximate surface area is 104 Å². The lowest BCUT2D eigenvalue weighted by atomic mass is 10.0. The third-order valence-corrected chi connectivity index (χ3v) is 3.82. The first-order valence-corrected chi connectivity index (χ1v) is 6.00. The fourth-order valence-corrected chi connectivity index (χ4v) is 2.17. The first-order valence-electron chi connectivity index (χ1n) is 6.00. The Morgan fingerprint density at radius 3 is 2.44 bits per heavy atom. The zero-order chi connectivity index (χ0) is 12.8. The summed E-state index contributed by atoms with van der Waals surface area (Å²) in [6.45, 7) is 0. The van der Waals surface area contributed by atoms with Crippen molar-refractivity contribution in [2.45, 2.75) is 31.2 Å². The molecule has 2 aliphatic carbocycles. The van der Waals surface area contributed by atoms with Crippen LogP contribution in [0.25, 0.3) is 0 Å². The molecule has 18 heavy (non-hydrogen) atoms. The summed E-state index contributed by atoms with van der Waals surface area (Å²) < 4.78 is 0. The number of hydrogen-bond acceptors (Lipinski definition) is 4. The molecule has 3 rings (SSSR count). The lowest BCUT2D eigenvalue weighted by molar-refractivity contribution is -0.136. The van der Waals surface area contributed by atoms with Crippen molar-refractivity contribution in [2.24, 2.45) is 11.1 Å². The zero-order valence-corrected chi connectivity index (χ0v) is 9.85. The topological polar surface area (TPSA) is 98.0 Å². The Kier molecular flexibility index (Phi) is 2.17. The minimum absolute atomic E-state index is 0.266. The maximum absolute atomic E-state index is 12.1. The van der Waals surface area contributed by atoms with E-state index >= 15 is 0 Å². The van der Waals surface area contributed by atoms with Crippen LogP contribution >= 0.6 is 0 Å². The summed E-state index contributed by atoms with van der Waals surface area (Å²) in [6.07, 6.45) is 4.33. The quantitative estimate of drug-likeness (QED) is 0.722. The number of amides is 2. The largest absolute Gasteiger partial charge is 0.369 e. The number of carbonyl (C=O) groups excluding carboxylic acids is 2. The van der Waals surface area contributed by atoms with E-state index in [2.05, 4.69) is 15.5 Å². The summed E-state index contributed by atoms with van der Waals surface area (Å²) in [7, 11) is 0. The average molecular weight is 246 g/mol. The van der Waals surface area contributed by atoms with Gasteiger partial charge < -0.3 is 11.1 Å². The molecule has 2 aliphatic rings. The van der Waals surface area contributed by atoms with Gasteiger partial charge >= 0.3 is 0 Å². The lowest BCUT2D eigenvalue weighted by Gasteiger charge is -2.19. The third kappa shape index (κ3) is 1.56. The van der Waals surface area contributed by atoms with Gasteiger partial charge in [0.2, 0.25) is 11.8 Å². The minimum Gasteiger partial charge on any atom is -0.369 e. The molecule has 0 aromatic carbocycles. The fraction of sp³-hybridized carbons (Fsp3) is 0.500. The van der Waals surface area contributed by atoms with Gasteiger partial charge in [0, 0.05) is 6.20 Å². The van der Waals surface area contributed by atoms with Gasteiger partial charge in [-0.2, -0.15) is 10.2 Å². The second-order valence-electron chi connectivity index (χ2n) is 5.09. The van der Waals surface area contributed by atoms with Gasteiger partial charge in [0.1, 0.15) is 5.41 Å². The molecule has 1 aromatic rings. The van der Waals surface area contributed by atoms with Crippen molar-refractivity contribution in [1.29, 1.82) is 0 Å². The van der Waals surface area contributed by atoms with Crippen molar-refractivity contribution in [2.75, 3.05) is 0 Å². The normalized spacial score (nSPS) is 22.0. The summed E-state index contributed by atoms with van der Waals surface area (Å²) in [6, 6.07) is 3.62. The molecular weight excluding hydrogens is 232 g/mol. The minimum atomic E-state index is -0.974. The first kappa shape index (κ1) is 11.1. The molecule has 0 spiro atoms. The predicted octanol–water partition coefficient (Wildman–Crippen LogP) is -0.153. The van der Waals surface area contributed by atoms with Gasteiger partial charge in [-0.3, -0.25) is 9.59 Å². The molecule has 6 heteroatoms. The van der Waals surface area contributed by atoms with Crippen LogP contribution in [-0.4, -0.2) is 22.0 Å². The smallest absolute Gasteiger partial charge is 0.236 e. The molecule has 1 heterocycles. The van der Waals surface area contributed by atoms with Crippen LogP contribution in [0.5, 0.6) is 0 Å². The molecule has 2 amide bonds. The molecule has 94 valence electrons. The van der Waals surface area contributed by atoms with Crippen LogP contribution in [-0.2, 0) is 15.1 Å². The lowest BCUT2D eigenvalue weighted by Crippen LogP contribution is -2.45. The van der Waals surface area contributed by atoms with E-state index in [1.54, 1.807) is 12.3 Å². The highest BCUT2D eigenvalue weighted by atomic mass is 16.2. The van der Waals surface area contributed by atoms with Gasteiger partial charge in [0.15, 0.2) is 0 Å². The maximum Gasteiger partial charge on any atom is 0.236 e. The van der Waals surface area contributed by atoms with Crippen molar-refractivity contribution in [3.63, 3.8) is 0 Å². The molecule has 0 aliphatic heterocycles. The van der Waals surface area contributed by atoms with E-state index in [1.807, 2.05) is 6.07 Å². The summed E-state index contributed by atoms with van der Waals surface area (Å²) in [5, 5.41) is 10.8. The van der Waals surface area contributed by atoms with Crippen LogP contribution in [0, 0.1) is 5.41 Å². The zero-order valence-electron chi connectivity index (χ0n) is 9.85. The SMILES string of the molecule is NC(=O)C1(C(=O)NC2(c3cccnn3)CC2)CC1. The standard InChI is InChI=1S/C12H14N4O2/c13-9(17)11(3-4-11)10(18)15-12(5-6-12)8-2-1-7-14-16-8/h1-2,7H,3-6H2,(H2,13,17)(H,15,18). The Bertz CT molecular complexity index is 506. The summed E-state index contributed by atoms with van der Waals surface area (Å²) in [4.78, 5) is 23.4. The van der Waals surface area contributed by atoms with E-state index in [4.69, 9.17) is 5.73 Å². The van der Waals surface area contributed by atoms with Crippen molar-refractivity contribution >= 4 is 11.8 Å². The molecule has 0 saturated heterocycles.